The molecule has 0 spiro atoms. The Morgan fingerprint density at radius 3 is 2.44 bits per heavy atom. The number of hydrogen-bond acceptors (Lipinski definition) is 3. The molecule has 1 saturated carbocycles. The van der Waals surface area contributed by atoms with Crippen molar-refractivity contribution >= 4 is 12.0 Å². The molecule has 2 fully saturated rings. The Balaban J connectivity index is 1.64. The van der Waals surface area contributed by atoms with Crippen LogP contribution in [0, 0.1) is 39.0 Å². The molecular weight excluding hydrogens is 398 g/mol. The van der Waals surface area contributed by atoms with Crippen molar-refractivity contribution in [3.8, 4) is 6.07 Å². The van der Waals surface area contributed by atoms with E-state index in [0.717, 1.165) is 41.1 Å². The fourth-order valence-electron chi connectivity index (χ4n) is 5.88. The fourth-order valence-corrected chi connectivity index (χ4v) is 5.88. The van der Waals surface area contributed by atoms with E-state index in [1.54, 1.807) is 0 Å². The van der Waals surface area contributed by atoms with Crippen molar-refractivity contribution in [2.45, 2.75) is 84.7 Å². The van der Waals surface area contributed by atoms with Gasteiger partial charge in [0.05, 0.1) is 11.7 Å². The number of carbonyl (C=O) groups is 1. The van der Waals surface area contributed by atoms with E-state index < -0.39 is 0 Å². The number of likely N-dealkylation sites (tertiary alicyclic amines) is 1. The second-order valence-corrected chi connectivity index (χ2v) is 9.52. The maximum atomic E-state index is 13.5. The zero-order valence-electron chi connectivity index (χ0n) is 20.1. The van der Waals surface area contributed by atoms with Gasteiger partial charge in [0.15, 0.2) is 0 Å². The highest BCUT2D eigenvalue weighted by molar-refractivity contribution is 6.02. The van der Waals surface area contributed by atoms with Gasteiger partial charge in [-0.15, -0.1) is 0 Å². The summed E-state index contributed by atoms with van der Waals surface area (Å²) in [7, 11) is 1.94. The molecule has 1 unspecified atom stereocenters. The van der Waals surface area contributed by atoms with E-state index in [-0.39, 0.29) is 17.5 Å². The van der Waals surface area contributed by atoms with Gasteiger partial charge >= 0.3 is 0 Å². The summed E-state index contributed by atoms with van der Waals surface area (Å²) < 4.78 is 4.30. The van der Waals surface area contributed by atoms with Gasteiger partial charge in [0.2, 0.25) is 0 Å². The van der Waals surface area contributed by atoms with Gasteiger partial charge in [0.25, 0.3) is 5.91 Å². The molecule has 6 heteroatoms. The number of hydrogen-bond donors (Lipinski definition) is 0. The monoisotopic (exact) mass is 433 g/mol. The zero-order chi connectivity index (χ0) is 23.0. The summed E-state index contributed by atoms with van der Waals surface area (Å²) in [6, 6.07) is 4.86. The quantitative estimate of drug-likeness (QED) is 0.490. The average molecular weight is 434 g/mol. The minimum absolute atomic E-state index is 0.0115. The van der Waals surface area contributed by atoms with Crippen molar-refractivity contribution in [2.24, 2.45) is 7.05 Å². The third-order valence-electron chi connectivity index (χ3n) is 7.53. The standard InChI is InChI=1S/C26H35N5O/c1-17-14-21(19(3)31(17)23-10-7-6-8-11-23)15-22(16-27)26(32)30-13-9-12-24(30)25-18(2)28-29(5)20(25)4/h14-15,23-24H,6-13H2,1-5H3/b22-15-. The van der Waals surface area contributed by atoms with Crippen LogP contribution in [0.5, 0.6) is 0 Å². The Bertz CT molecular complexity index is 1090. The third kappa shape index (κ3) is 3.90. The summed E-state index contributed by atoms with van der Waals surface area (Å²) in [4.78, 5) is 15.4. The normalized spacial score (nSPS) is 20.1. The van der Waals surface area contributed by atoms with E-state index in [4.69, 9.17) is 0 Å². The summed E-state index contributed by atoms with van der Waals surface area (Å²) in [5, 5.41) is 14.5. The summed E-state index contributed by atoms with van der Waals surface area (Å²) in [6.45, 7) is 8.99. The number of carbonyl (C=O) groups excluding carboxylic acids is 1. The van der Waals surface area contributed by atoms with Crippen LogP contribution in [0.2, 0.25) is 0 Å². The van der Waals surface area contributed by atoms with Crippen molar-refractivity contribution in [1.82, 2.24) is 19.2 Å². The van der Waals surface area contributed by atoms with Crippen LogP contribution in [0.1, 0.15) is 90.9 Å². The van der Waals surface area contributed by atoms with Crippen molar-refractivity contribution in [2.75, 3.05) is 6.54 Å². The molecule has 1 atom stereocenters. The lowest BCUT2D eigenvalue weighted by molar-refractivity contribution is -0.127. The number of nitriles is 1. The van der Waals surface area contributed by atoms with E-state index in [1.807, 2.05) is 29.6 Å². The number of nitrogens with zero attached hydrogens (tertiary/aromatic N) is 5. The number of rotatable bonds is 4. The SMILES string of the molecule is Cc1nn(C)c(C)c1C1CCCN1C(=O)/C(C#N)=C\c1cc(C)n(C2CCCCC2)c1C. The molecular formula is C26H35N5O. The first-order valence-corrected chi connectivity index (χ1v) is 11.9. The molecule has 170 valence electrons. The van der Waals surface area contributed by atoms with Crippen molar-refractivity contribution in [1.29, 1.82) is 5.26 Å². The highest BCUT2D eigenvalue weighted by Crippen LogP contribution is 2.37. The minimum atomic E-state index is -0.167. The summed E-state index contributed by atoms with van der Waals surface area (Å²) in [5.74, 6) is -0.167. The van der Waals surface area contributed by atoms with Crippen molar-refractivity contribution < 1.29 is 4.79 Å². The van der Waals surface area contributed by atoms with E-state index in [1.165, 1.54) is 37.8 Å². The van der Waals surface area contributed by atoms with Gasteiger partial charge in [-0.3, -0.25) is 9.48 Å². The number of aryl methyl sites for hydroxylation is 3. The molecule has 3 heterocycles. The largest absolute Gasteiger partial charge is 0.346 e. The van der Waals surface area contributed by atoms with Gasteiger partial charge in [0, 0.05) is 42.3 Å². The van der Waals surface area contributed by atoms with Gasteiger partial charge in [-0.25, -0.2) is 0 Å². The van der Waals surface area contributed by atoms with Crippen LogP contribution in [-0.4, -0.2) is 31.7 Å². The lowest BCUT2D eigenvalue weighted by Gasteiger charge is -2.26. The topological polar surface area (TPSA) is 66.8 Å². The maximum absolute atomic E-state index is 13.5. The van der Waals surface area contributed by atoms with E-state index >= 15 is 0 Å². The van der Waals surface area contributed by atoms with Crippen LogP contribution in [0.3, 0.4) is 0 Å². The summed E-state index contributed by atoms with van der Waals surface area (Å²) in [6.07, 6.45) is 9.96. The Labute approximate surface area is 191 Å². The van der Waals surface area contributed by atoms with Crippen LogP contribution in [-0.2, 0) is 11.8 Å². The molecule has 2 aromatic heterocycles. The molecule has 6 nitrogen and oxygen atoms in total. The highest BCUT2D eigenvalue weighted by Gasteiger charge is 2.35. The molecule has 0 N–H and O–H groups in total. The lowest BCUT2D eigenvalue weighted by atomic mass is 9.95. The molecule has 1 aliphatic carbocycles. The Morgan fingerprint density at radius 2 is 1.81 bits per heavy atom. The predicted molar refractivity (Wildman–Crippen MR) is 126 cm³/mol. The fraction of sp³-hybridized carbons (Fsp3) is 0.577. The molecule has 0 aromatic carbocycles. The number of aromatic nitrogens is 3. The van der Waals surface area contributed by atoms with Crippen LogP contribution in [0.25, 0.3) is 6.08 Å². The first-order chi connectivity index (χ1) is 15.3. The van der Waals surface area contributed by atoms with Gasteiger partial charge in [0.1, 0.15) is 11.6 Å². The smallest absolute Gasteiger partial charge is 0.265 e. The Morgan fingerprint density at radius 1 is 1.09 bits per heavy atom. The predicted octanol–water partition coefficient (Wildman–Crippen LogP) is 5.23. The van der Waals surface area contributed by atoms with E-state index in [9.17, 15) is 10.1 Å². The molecule has 1 aliphatic heterocycles. The second kappa shape index (κ2) is 8.97. The zero-order valence-corrected chi connectivity index (χ0v) is 20.1. The molecule has 1 amide bonds. The van der Waals surface area contributed by atoms with Gasteiger partial charge < -0.3 is 9.47 Å². The molecule has 0 bridgehead atoms. The van der Waals surface area contributed by atoms with Gasteiger partial charge in [-0.05, 0) is 71.1 Å². The molecule has 1 saturated heterocycles. The van der Waals surface area contributed by atoms with Crippen molar-refractivity contribution in [3.05, 3.63) is 45.5 Å². The molecule has 2 aliphatic rings. The molecule has 2 aromatic rings. The van der Waals surface area contributed by atoms with Crippen LogP contribution >= 0.6 is 0 Å². The minimum Gasteiger partial charge on any atom is -0.346 e. The van der Waals surface area contributed by atoms with Crippen molar-refractivity contribution in [3.63, 3.8) is 0 Å². The van der Waals surface area contributed by atoms with Gasteiger partial charge in [-0.2, -0.15) is 10.4 Å². The molecule has 32 heavy (non-hydrogen) atoms. The second-order valence-electron chi connectivity index (χ2n) is 9.52. The highest BCUT2D eigenvalue weighted by atomic mass is 16.2. The third-order valence-corrected chi connectivity index (χ3v) is 7.53. The maximum Gasteiger partial charge on any atom is 0.265 e. The van der Waals surface area contributed by atoms with Crippen LogP contribution in [0.4, 0.5) is 0 Å². The van der Waals surface area contributed by atoms with Gasteiger partial charge in [-0.1, -0.05) is 19.3 Å². The number of amides is 1. The lowest BCUT2D eigenvalue weighted by Crippen LogP contribution is -2.32. The first kappa shape index (κ1) is 22.4. The Kier molecular flexibility index (Phi) is 6.28. The molecule has 0 radical (unpaired) electrons. The van der Waals surface area contributed by atoms with Crippen LogP contribution in [0.15, 0.2) is 11.6 Å². The summed E-state index contributed by atoms with van der Waals surface area (Å²) in [5.41, 5.74) is 6.77. The van der Waals surface area contributed by atoms with Crippen LogP contribution < -0.4 is 0 Å². The molecule has 4 rings (SSSR count). The average Bonchev–Trinajstić information content (AvgIpc) is 3.43. The first-order valence-electron chi connectivity index (χ1n) is 11.9. The summed E-state index contributed by atoms with van der Waals surface area (Å²) >= 11 is 0. The Hall–Kier alpha value is -2.81. The van der Waals surface area contributed by atoms with E-state index in [0.29, 0.717) is 12.6 Å². The van der Waals surface area contributed by atoms with E-state index in [2.05, 4.69) is 42.6 Å².